The summed E-state index contributed by atoms with van der Waals surface area (Å²) < 4.78 is 26.4. The number of carbonyl (C=O) groups is 1. The Morgan fingerprint density at radius 2 is 1.77 bits per heavy atom. The number of hydrogen-bond donors (Lipinski definition) is 1. The van der Waals surface area contributed by atoms with Crippen LogP contribution in [-0.2, 0) is 27.7 Å². The molecule has 3 rings (SSSR count). The van der Waals surface area contributed by atoms with Gasteiger partial charge in [-0.3, -0.25) is 4.79 Å². The number of fused-ring (bicyclic) bond motifs is 1. The quantitative estimate of drug-likeness (QED) is 0.650. The number of rotatable bonds is 9. The van der Waals surface area contributed by atoms with Crippen LogP contribution in [0.5, 0.6) is 0 Å². The number of benzene rings is 2. The summed E-state index contributed by atoms with van der Waals surface area (Å²) in [7, 11) is -1.96. The van der Waals surface area contributed by atoms with E-state index in [1.807, 2.05) is 0 Å². The molecule has 6 heteroatoms. The summed E-state index contributed by atoms with van der Waals surface area (Å²) in [6.45, 7) is 2.38. The Morgan fingerprint density at radius 1 is 1.07 bits per heavy atom. The third-order valence-electron chi connectivity index (χ3n) is 5.85. The van der Waals surface area contributed by atoms with Crippen LogP contribution < -0.4 is 5.32 Å². The molecule has 0 saturated carbocycles. The summed E-state index contributed by atoms with van der Waals surface area (Å²) in [4.78, 5) is 12.8. The van der Waals surface area contributed by atoms with E-state index in [1.54, 1.807) is 37.4 Å². The van der Waals surface area contributed by atoms with Gasteiger partial charge in [0.2, 0.25) is 15.9 Å². The second-order valence-electron chi connectivity index (χ2n) is 8.01. The Kier molecular flexibility index (Phi) is 7.67. The summed E-state index contributed by atoms with van der Waals surface area (Å²) in [6, 6.07) is 15.0. The van der Waals surface area contributed by atoms with Crippen LogP contribution in [0.25, 0.3) is 0 Å². The first-order valence-electron chi connectivity index (χ1n) is 10.8. The van der Waals surface area contributed by atoms with Gasteiger partial charge in [0.25, 0.3) is 0 Å². The molecule has 0 saturated heterocycles. The van der Waals surface area contributed by atoms with Gasteiger partial charge in [-0.15, -0.1) is 0 Å². The zero-order valence-electron chi connectivity index (χ0n) is 17.9. The molecule has 2 aromatic carbocycles. The molecular weight excluding hydrogens is 396 g/mol. The molecule has 0 aromatic heterocycles. The Bertz CT molecular complexity index is 958. The van der Waals surface area contributed by atoms with Gasteiger partial charge in [0.05, 0.1) is 10.9 Å². The molecule has 0 heterocycles. The van der Waals surface area contributed by atoms with Crippen LogP contribution in [0.15, 0.2) is 53.4 Å². The first-order chi connectivity index (χ1) is 14.4. The minimum atomic E-state index is -3.51. The molecule has 1 aliphatic rings. The van der Waals surface area contributed by atoms with Gasteiger partial charge in [0.1, 0.15) is 0 Å². The average molecular weight is 429 g/mol. The SMILES string of the molecule is CC[C@H](NC(=O)CCCN(C)S(=O)(=O)c1ccccc1)c1ccc2c(c1)CCCC2. The van der Waals surface area contributed by atoms with Crippen LogP contribution in [0.4, 0.5) is 0 Å². The maximum Gasteiger partial charge on any atom is 0.242 e. The molecular formula is C24H32N2O3S. The van der Waals surface area contributed by atoms with E-state index < -0.39 is 10.0 Å². The highest BCUT2D eigenvalue weighted by atomic mass is 32.2. The molecule has 0 bridgehead atoms. The van der Waals surface area contributed by atoms with E-state index >= 15 is 0 Å². The summed E-state index contributed by atoms with van der Waals surface area (Å²) in [5.41, 5.74) is 4.02. The number of aryl methyl sites for hydroxylation is 2. The normalized spacial score (nSPS) is 14.9. The van der Waals surface area contributed by atoms with Gasteiger partial charge in [-0.25, -0.2) is 12.7 Å². The van der Waals surface area contributed by atoms with Crippen molar-refractivity contribution in [2.75, 3.05) is 13.6 Å². The van der Waals surface area contributed by atoms with Crippen LogP contribution >= 0.6 is 0 Å². The van der Waals surface area contributed by atoms with Crippen LogP contribution in [-0.4, -0.2) is 32.2 Å². The summed E-state index contributed by atoms with van der Waals surface area (Å²) in [6.07, 6.45) is 6.37. The number of sulfonamides is 1. The van der Waals surface area contributed by atoms with E-state index in [4.69, 9.17) is 0 Å². The molecule has 162 valence electrons. The van der Waals surface area contributed by atoms with E-state index in [2.05, 4.69) is 30.4 Å². The van der Waals surface area contributed by atoms with Crippen molar-refractivity contribution >= 4 is 15.9 Å². The molecule has 5 nitrogen and oxygen atoms in total. The van der Waals surface area contributed by atoms with Crippen molar-refractivity contribution in [3.05, 3.63) is 65.2 Å². The predicted octanol–water partition coefficient (Wildman–Crippen LogP) is 4.23. The van der Waals surface area contributed by atoms with Crippen molar-refractivity contribution in [1.82, 2.24) is 9.62 Å². The molecule has 0 radical (unpaired) electrons. The van der Waals surface area contributed by atoms with Gasteiger partial charge in [-0.05, 0) is 67.3 Å². The summed E-state index contributed by atoms with van der Waals surface area (Å²) in [5, 5.41) is 3.13. The number of nitrogens with one attached hydrogen (secondary N) is 1. The fraction of sp³-hybridized carbons (Fsp3) is 0.458. The Labute approximate surface area is 180 Å². The second-order valence-corrected chi connectivity index (χ2v) is 10.1. The lowest BCUT2D eigenvalue weighted by Crippen LogP contribution is -2.31. The maximum absolute atomic E-state index is 12.6. The second kappa shape index (κ2) is 10.2. The molecule has 0 spiro atoms. The lowest BCUT2D eigenvalue weighted by molar-refractivity contribution is -0.122. The third kappa shape index (κ3) is 5.49. The highest BCUT2D eigenvalue weighted by Gasteiger charge is 2.21. The molecule has 0 unspecified atom stereocenters. The Morgan fingerprint density at radius 3 is 2.47 bits per heavy atom. The van der Waals surface area contributed by atoms with Gasteiger partial charge < -0.3 is 5.32 Å². The molecule has 2 aromatic rings. The topological polar surface area (TPSA) is 66.5 Å². The van der Waals surface area contributed by atoms with E-state index in [0.717, 1.165) is 24.8 Å². The van der Waals surface area contributed by atoms with Crippen molar-refractivity contribution in [3.8, 4) is 0 Å². The predicted molar refractivity (Wildman–Crippen MR) is 120 cm³/mol. The standard InChI is InChI=1S/C24H32N2O3S/c1-3-23(21-16-15-19-10-7-8-11-20(19)18-21)25-24(27)14-9-17-26(2)30(28,29)22-12-5-4-6-13-22/h4-6,12-13,15-16,18,23H,3,7-11,14,17H2,1-2H3,(H,25,27)/t23-/m0/s1. The number of nitrogens with zero attached hydrogens (tertiary/aromatic N) is 1. The maximum atomic E-state index is 12.6. The zero-order valence-corrected chi connectivity index (χ0v) is 18.7. The Hall–Kier alpha value is -2.18. The van der Waals surface area contributed by atoms with E-state index in [0.29, 0.717) is 19.4 Å². The minimum Gasteiger partial charge on any atom is -0.349 e. The molecule has 1 amide bonds. The number of hydrogen-bond acceptors (Lipinski definition) is 3. The Balaban J connectivity index is 1.52. The number of amides is 1. The van der Waals surface area contributed by atoms with Crippen molar-refractivity contribution in [1.29, 1.82) is 0 Å². The van der Waals surface area contributed by atoms with Gasteiger partial charge >= 0.3 is 0 Å². The van der Waals surface area contributed by atoms with Crippen molar-refractivity contribution in [3.63, 3.8) is 0 Å². The lowest BCUT2D eigenvalue weighted by atomic mass is 9.89. The van der Waals surface area contributed by atoms with Gasteiger partial charge in [-0.2, -0.15) is 0 Å². The zero-order chi connectivity index (χ0) is 21.6. The third-order valence-corrected chi connectivity index (χ3v) is 7.72. The van der Waals surface area contributed by atoms with E-state index in [1.165, 1.54) is 28.3 Å². The fourth-order valence-electron chi connectivity index (χ4n) is 4.01. The summed E-state index contributed by atoms with van der Waals surface area (Å²) in [5.74, 6) is -0.0370. The van der Waals surface area contributed by atoms with Gasteiger partial charge in [0, 0.05) is 20.0 Å². The first-order valence-corrected chi connectivity index (χ1v) is 12.3. The van der Waals surface area contributed by atoms with Crippen LogP contribution in [0.1, 0.15) is 61.8 Å². The lowest BCUT2D eigenvalue weighted by Gasteiger charge is -2.22. The van der Waals surface area contributed by atoms with E-state index in [9.17, 15) is 13.2 Å². The monoisotopic (exact) mass is 428 g/mol. The highest BCUT2D eigenvalue weighted by molar-refractivity contribution is 7.89. The van der Waals surface area contributed by atoms with Gasteiger partial charge in [0.15, 0.2) is 0 Å². The average Bonchev–Trinajstić information content (AvgIpc) is 2.77. The van der Waals surface area contributed by atoms with Gasteiger partial charge in [-0.1, -0.05) is 43.3 Å². The molecule has 1 aliphatic carbocycles. The van der Waals surface area contributed by atoms with Crippen molar-refractivity contribution in [2.45, 2.75) is 62.8 Å². The molecule has 0 fully saturated rings. The molecule has 30 heavy (non-hydrogen) atoms. The van der Waals surface area contributed by atoms with E-state index in [-0.39, 0.29) is 16.8 Å². The van der Waals surface area contributed by atoms with Crippen LogP contribution in [0.2, 0.25) is 0 Å². The highest BCUT2D eigenvalue weighted by Crippen LogP contribution is 2.26. The molecule has 0 aliphatic heterocycles. The van der Waals surface area contributed by atoms with Crippen molar-refractivity contribution < 1.29 is 13.2 Å². The smallest absolute Gasteiger partial charge is 0.242 e. The fourth-order valence-corrected chi connectivity index (χ4v) is 5.24. The number of carbonyl (C=O) groups excluding carboxylic acids is 1. The molecule has 1 N–H and O–H groups in total. The molecule has 1 atom stereocenters. The summed E-state index contributed by atoms with van der Waals surface area (Å²) >= 11 is 0. The minimum absolute atomic E-state index is 0.00416. The van der Waals surface area contributed by atoms with Crippen LogP contribution in [0.3, 0.4) is 0 Å². The first kappa shape index (κ1) is 22.5. The van der Waals surface area contributed by atoms with Crippen molar-refractivity contribution in [2.24, 2.45) is 0 Å². The van der Waals surface area contributed by atoms with Crippen LogP contribution in [0, 0.1) is 0 Å². The largest absolute Gasteiger partial charge is 0.349 e.